The number of hydrogen-bond donors (Lipinski definition) is 1. The lowest BCUT2D eigenvalue weighted by Gasteiger charge is -2.09. The van der Waals surface area contributed by atoms with Crippen molar-refractivity contribution in [3.05, 3.63) is 16.3 Å². The van der Waals surface area contributed by atoms with Gasteiger partial charge in [0.05, 0.1) is 4.92 Å². The Balaban J connectivity index is 2.97. The van der Waals surface area contributed by atoms with Crippen molar-refractivity contribution in [1.29, 1.82) is 0 Å². The van der Waals surface area contributed by atoms with Gasteiger partial charge in [0.2, 0.25) is 5.82 Å². The number of rotatable bonds is 3. The third kappa shape index (κ3) is 2.15. The van der Waals surface area contributed by atoms with E-state index in [0.29, 0.717) is 0 Å². The number of anilines is 1. The normalized spacial score (nSPS) is 10.5. The van der Waals surface area contributed by atoms with Crippen LogP contribution in [-0.2, 0) is 7.05 Å². The number of nitro groups is 1. The molecule has 0 spiro atoms. The number of aryl methyl sites for hydroxylation is 1. The van der Waals surface area contributed by atoms with Crippen LogP contribution in [0.1, 0.15) is 0 Å². The molecule has 0 atom stereocenters. The second-order valence-electron chi connectivity index (χ2n) is 2.80. The molecule has 1 N–H and O–H groups in total. The molecule has 7 heteroatoms. The molecule has 0 aliphatic rings. The zero-order valence-corrected chi connectivity index (χ0v) is 7.68. The Morgan fingerprint density at radius 3 is 2.77 bits per heavy atom. The fourth-order valence-corrected chi connectivity index (χ4v) is 0.901. The smallest absolute Gasteiger partial charge is 0.296 e. The monoisotopic (exact) mass is 185 g/mol. The Labute approximate surface area is 75.1 Å². The summed E-state index contributed by atoms with van der Waals surface area (Å²) in [6, 6.07) is 0. The molecule has 7 nitrogen and oxygen atoms in total. The molecule has 0 fully saturated rings. The molecule has 0 radical (unpaired) electrons. The van der Waals surface area contributed by atoms with Gasteiger partial charge in [0.1, 0.15) is 6.20 Å². The molecule has 0 unspecified atom stereocenters. The zero-order chi connectivity index (χ0) is 10.0. The molecule has 0 saturated carbocycles. The van der Waals surface area contributed by atoms with Crippen LogP contribution in [-0.4, -0.2) is 33.8 Å². The van der Waals surface area contributed by atoms with Crippen molar-refractivity contribution in [2.24, 2.45) is 7.05 Å². The minimum Gasteiger partial charge on any atom is -0.296 e. The Morgan fingerprint density at radius 2 is 2.31 bits per heavy atom. The SMILES string of the molecule is CN(C)Nc1nn(C)cc1[N+](=O)[O-]. The van der Waals surface area contributed by atoms with E-state index in [1.807, 2.05) is 0 Å². The minimum atomic E-state index is -0.473. The van der Waals surface area contributed by atoms with Gasteiger partial charge in [0, 0.05) is 21.1 Å². The molecule has 0 bridgehead atoms. The second-order valence-corrected chi connectivity index (χ2v) is 2.80. The minimum absolute atomic E-state index is 0.0313. The van der Waals surface area contributed by atoms with Gasteiger partial charge in [0.15, 0.2) is 0 Å². The largest absolute Gasteiger partial charge is 0.332 e. The molecule has 1 heterocycles. The standard InChI is InChI=1S/C6H11N5O2/c1-9(2)7-6-5(11(12)13)4-10(3)8-6/h4H,1-3H3,(H,7,8). The average Bonchev–Trinajstić information content (AvgIpc) is 2.29. The number of nitrogens with one attached hydrogen (secondary N) is 1. The van der Waals surface area contributed by atoms with E-state index in [2.05, 4.69) is 10.5 Å². The van der Waals surface area contributed by atoms with Gasteiger partial charge >= 0.3 is 5.69 Å². The van der Waals surface area contributed by atoms with Crippen molar-refractivity contribution in [3.63, 3.8) is 0 Å². The Morgan fingerprint density at radius 1 is 1.69 bits per heavy atom. The third-order valence-electron chi connectivity index (χ3n) is 1.34. The van der Waals surface area contributed by atoms with Crippen molar-refractivity contribution < 1.29 is 4.92 Å². The molecule has 0 aliphatic carbocycles. The summed E-state index contributed by atoms with van der Waals surface area (Å²) in [5.74, 6) is 0.248. The highest BCUT2D eigenvalue weighted by atomic mass is 16.6. The first-order valence-corrected chi connectivity index (χ1v) is 3.62. The molecule has 1 rings (SSSR count). The van der Waals surface area contributed by atoms with Gasteiger partial charge in [-0.3, -0.25) is 20.2 Å². The predicted octanol–water partition coefficient (Wildman–Crippen LogP) is 0.217. The van der Waals surface area contributed by atoms with Crippen LogP contribution in [0.15, 0.2) is 6.20 Å². The summed E-state index contributed by atoms with van der Waals surface area (Å²) in [6.07, 6.45) is 1.35. The Kier molecular flexibility index (Phi) is 2.47. The van der Waals surface area contributed by atoms with Crippen molar-refractivity contribution in [3.8, 4) is 0 Å². The lowest BCUT2D eigenvalue weighted by atomic mass is 10.5. The van der Waals surface area contributed by atoms with Crippen LogP contribution in [0.2, 0.25) is 0 Å². The third-order valence-corrected chi connectivity index (χ3v) is 1.34. The zero-order valence-electron chi connectivity index (χ0n) is 7.68. The van der Waals surface area contributed by atoms with Gasteiger partial charge in [-0.15, -0.1) is 5.10 Å². The topological polar surface area (TPSA) is 76.2 Å². The highest BCUT2D eigenvalue weighted by molar-refractivity contribution is 5.53. The Bertz CT molecular complexity index is 319. The number of nitrogens with zero attached hydrogens (tertiary/aromatic N) is 4. The van der Waals surface area contributed by atoms with E-state index >= 15 is 0 Å². The van der Waals surface area contributed by atoms with Gasteiger partial charge < -0.3 is 0 Å². The number of hydrazine groups is 1. The second kappa shape index (κ2) is 3.40. The summed E-state index contributed by atoms with van der Waals surface area (Å²) in [7, 11) is 5.10. The maximum absolute atomic E-state index is 10.5. The maximum Gasteiger partial charge on any atom is 0.332 e. The predicted molar refractivity (Wildman–Crippen MR) is 47.2 cm³/mol. The van der Waals surface area contributed by atoms with E-state index < -0.39 is 4.92 Å². The molecule has 0 saturated heterocycles. The van der Waals surface area contributed by atoms with E-state index in [4.69, 9.17) is 0 Å². The van der Waals surface area contributed by atoms with Gasteiger partial charge in [-0.25, -0.2) is 5.01 Å². The first-order chi connectivity index (χ1) is 6.00. The number of hydrogen-bond acceptors (Lipinski definition) is 5. The van der Waals surface area contributed by atoms with Crippen molar-refractivity contribution in [1.82, 2.24) is 14.8 Å². The van der Waals surface area contributed by atoms with E-state index in [-0.39, 0.29) is 11.5 Å². The highest BCUT2D eigenvalue weighted by Gasteiger charge is 2.18. The lowest BCUT2D eigenvalue weighted by Crippen LogP contribution is -2.20. The quantitative estimate of drug-likeness (QED) is 0.538. The van der Waals surface area contributed by atoms with E-state index in [9.17, 15) is 10.1 Å². The van der Waals surface area contributed by atoms with Crippen LogP contribution < -0.4 is 5.43 Å². The van der Waals surface area contributed by atoms with Crippen LogP contribution in [0.3, 0.4) is 0 Å². The molecular weight excluding hydrogens is 174 g/mol. The lowest BCUT2D eigenvalue weighted by molar-refractivity contribution is -0.384. The Hall–Kier alpha value is -1.63. The van der Waals surface area contributed by atoms with Gasteiger partial charge in [-0.2, -0.15) is 0 Å². The molecule has 0 aromatic carbocycles. The molecule has 0 aliphatic heterocycles. The molecule has 13 heavy (non-hydrogen) atoms. The first kappa shape index (κ1) is 9.46. The molecule has 72 valence electrons. The van der Waals surface area contributed by atoms with Crippen LogP contribution in [0.5, 0.6) is 0 Å². The molecule has 0 amide bonds. The van der Waals surface area contributed by atoms with E-state index in [1.54, 1.807) is 26.2 Å². The van der Waals surface area contributed by atoms with Crippen LogP contribution in [0.25, 0.3) is 0 Å². The van der Waals surface area contributed by atoms with Crippen LogP contribution >= 0.6 is 0 Å². The molecule has 1 aromatic rings. The van der Waals surface area contributed by atoms with Crippen LogP contribution in [0.4, 0.5) is 11.5 Å². The summed E-state index contributed by atoms with van der Waals surface area (Å²) >= 11 is 0. The van der Waals surface area contributed by atoms with Gasteiger partial charge in [0.25, 0.3) is 0 Å². The summed E-state index contributed by atoms with van der Waals surface area (Å²) in [5.41, 5.74) is 2.70. The average molecular weight is 185 g/mol. The van der Waals surface area contributed by atoms with Crippen molar-refractivity contribution >= 4 is 11.5 Å². The maximum atomic E-state index is 10.5. The first-order valence-electron chi connectivity index (χ1n) is 3.62. The fraction of sp³-hybridized carbons (Fsp3) is 0.500. The van der Waals surface area contributed by atoms with Gasteiger partial charge in [-0.05, 0) is 0 Å². The molecular formula is C6H11N5O2. The summed E-state index contributed by atoms with van der Waals surface area (Å²) in [4.78, 5) is 10.0. The summed E-state index contributed by atoms with van der Waals surface area (Å²) < 4.78 is 1.39. The highest BCUT2D eigenvalue weighted by Crippen LogP contribution is 2.20. The van der Waals surface area contributed by atoms with E-state index in [0.717, 1.165) is 0 Å². The fourth-order valence-electron chi connectivity index (χ4n) is 0.901. The van der Waals surface area contributed by atoms with Gasteiger partial charge in [-0.1, -0.05) is 0 Å². The summed E-state index contributed by atoms with van der Waals surface area (Å²) in [5, 5.41) is 16.0. The summed E-state index contributed by atoms with van der Waals surface area (Å²) in [6.45, 7) is 0. The van der Waals surface area contributed by atoms with Crippen LogP contribution in [0, 0.1) is 10.1 Å². The van der Waals surface area contributed by atoms with Crippen molar-refractivity contribution in [2.45, 2.75) is 0 Å². The number of aromatic nitrogens is 2. The van der Waals surface area contributed by atoms with E-state index in [1.165, 1.54) is 10.9 Å². The van der Waals surface area contributed by atoms with Crippen molar-refractivity contribution in [2.75, 3.05) is 19.5 Å². The molecule has 1 aromatic heterocycles.